The Balaban J connectivity index is 0.000000608. The number of para-hydroxylation sites is 3. The summed E-state index contributed by atoms with van der Waals surface area (Å²) in [5, 5.41) is 32.1. The van der Waals surface area contributed by atoms with Gasteiger partial charge >= 0.3 is 17.4 Å². The number of ether oxygens (including phenoxy) is 3. The molecule has 0 bridgehead atoms. The van der Waals surface area contributed by atoms with Gasteiger partial charge in [0.2, 0.25) is 0 Å². The summed E-state index contributed by atoms with van der Waals surface area (Å²) in [7, 11) is 0. The molecule has 0 radical (unpaired) electrons. The molecule has 43 heavy (non-hydrogen) atoms. The number of carboxylic acid groups (broad SMARTS) is 3. The number of hydrogen-bond acceptors (Lipinski definition) is 9. The first-order chi connectivity index (χ1) is 19.2. The van der Waals surface area contributed by atoms with Gasteiger partial charge in [0, 0.05) is 16.7 Å². The predicted octanol–water partition coefficient (Wildman–Crippen LogP) is 3.30. The first kappa shape index (κ1) is 39.0. The van der Waals surface area contributed by atoms with E-state index in [1.807, 2.05) is 62.3 Å². The minimum atomic E-state index is -1.22. The number of carboxylic acids is 3. The van der Waals surface area contributed by atoms with Gasteiger partial charge in [0.25, 0.3) is 0 Å². The van der Waals surface area contributed by atoms with Crippen molar-refractivity contribution in [1.82, 2.24) is 0 Å². The molecule has 0 saturated heterocycles. The van der Waals surface area contributed by atoms with E-state index in [1.165, 1.54) is 18.2 Å². The molecule has 3 aromatic rings. The summed E-state index contributed by atoms with van der Waals surface area (Å²) < 4.78 is 16.4. The number of hydrogen-bond donors (Lipinski definition) is 0. The third kappa shape index (κ3) is 15.7. The van der Waals surface area contributed by atoms with E-state index >= 15 is 0 Å². The Bertz CT molecular complexity index is 1180. The summed E-state index contributed by atoms with van der Waals surface area (Å²) in [5.41, 5.74) is -0.977. The van der Waals surface area contributed by atoms with Crippen LogP contribution >= 0.6 is 0 Å². The fourth-order valence-electron chi connectivity index (χ4n) is 3.16. The summed E-state index contributed by atoms with van der Waals surface area (Å²) in [5.74, 6) is -2.61. The molecule has 0 atom stereocenters. The summed E-state index contributed by atoms with van der Waals surface area (Å²) in [6, 6.07) is 19.4. The topological polar surface area (TPSA) is 148 Å². The monoisotopic (exact) mass is 606 g/mol. The number of benzene rings is 3. The molecule has 0 amide bonds. The SMILES string of the molecule is CC(C)(C)Oc1ccccc1C(=O)[O-].CC(C)(C)Oc1ccccc1C(=O)[O-].CC(C)(C)Oc1ccccc1C(=O)[O-].[Al+3]. The van der Waals surface area contributed by atoms with Crippen LogP contribution in [0.5, 0.6) is 17.2 Å². The second-order valence-electron chi connectivity index (χ2n) is 12.0. The van der Waals surface area contributed by atoms with Crippen molar-refractivity contribution in [2.75, 3.05) is 0 Å². The average Bonchev–Trinajstić information content (AvgIpc) is 2.82. The maximum atomic E-state index is 10.7. The molecule has 0 aliphatic rings. The first-order valence-corrected chi connectivity index (χ1v) is 13.2. The van der Waals surface area contributed by atoms with Crippen LogP contribution in [0.25, 0.3) is 0 Å². The molecule has 3 rings (SSSR count). The average molecular weight is 607 g/mol. The molecule has 0 N–H and O–H groups in total. The number of carbonyl (C=O) groups excluding carboxylic acids is 3. The van der Waals surface area contributed by atoms with Gasteiger partial charge in [-0.05, 0) is 98.7 Å². The van der Waals surface area contributed by atoms with Gasteiger partial charge in [0.15, 0.2) is 0 Å². The van der Waals surface area contributed by atoms with Crippen molar-refractivity contribution in [2.24, 2.45) is 0 Å². The fraction of sp³-hybridized carbons (Fsp3) is 0.364. The van der Waals surface area contributed by atoms with E-state index < -0.39 is 34.7 Å². The first-order valence-electron chi connectivity index (χ1n) is 13.2. The Morgan fingerprint density at radius 1 is 0.442 bits per heavy atom. The maximum Gasteiger partial charge on any atom is 3.00 e. The molecule has 0 aliphatic heterocycles. The van der Waals surface area contributed by atoms with Gasteiger partial charge < -0.3 is 43.9 Å². The maximum absolute atomic E-state index is 10.7. The second-order valence-corrected chi connectivity index (χ2v) is 12.0. The standard InChI is InChI=1S/3C11H14O3.Al/c3*1-11(2,3)14-9-7-5-4-6-8(9)10(12)13;/h3*4-7H,1-3H3,(H,12,13);/q;;;+3/p-3. The van der Waals surface area contributed by atoms with Crippen molar-refractivity contribution < 1.29 is 43.9 Å². The van der Waals surface area contributed by atoms with Crippen LogP contribution in [-0.4, -0.2) is 52.1 Å². The fourth-order valence-corrected chi connectivity index (χ4v) is 3.16. The van der Waals surface area contributed by atoms with Crippen LogP contribution in [0, 0.1) is 0 Å². The Hall–Kier alpha value is -4.00. The van der Waals surface area contributed by atoms with Gasteiger partial charge in [-0.3, -0.25) is 0 Å². The third-order valence-electron chi connectivity index (χ3n) is 4.57. The van der Waals surface area contributed by atoms with Gasteiger partial charge in [0.05, 0.1) is 17.9 Å². The van der Waals surface area contributed by atoms with E-state index in [0.29, 0.717) is 17.2 Å². The van der Waals surface area contributed by atoms with Crippen molar-refractivity contribution in [3.63, 3.8) is 0 Å². The van der Waals surface area contributed by atoms with Crippen molar-refractivity contribution in [3.05, 3.63) is 89.5 Å². The molecule has 9 nitrogen and oxygen atoms in total. The molecule has 0 saturated carbocycles. The molecule has 0 spiro atoms. The minimum absolute atomic E-state index is 0. The van der Waals surface area contributed by atoms with Gasteiger partial charge in [-0.1, -0.05) is 36.4 Å². The van der Waals surface area contributed by atoms with E-state index in [0.717, 1.165) is 0 Å². The summed E-state index contributed by atoms with van der Waals surface area (Å²) >= 11 is 0. The Morgan fingerprint density at radius 2 is 0.628 bits per heavy atom. The van der Waals surface area contributed by atoms with Crippen LogP contribution in [0.15, 0.2) is 72.8 Å². The van der Waals surface area contributed by atoms with E-state index in [-0.39, 0.29) is 34.1 Å². The molecule has 0 fully saturated rings. The van der Waals surface area contributed by atoms with Crippen LogP contribution in [-0.2, 0) is 0 Å². The molecule has 0 unspecified atom stereocenters. The summed E-state index contributed by atoms with van der Waals surface area (Å²) in [6.45, 7) is 16.7. The zero-order valence-electron chi connectivity index (χ0n) is 26.2. The Kier molecular flexibility index (Phi) is 15.0. The van der Waals surface area contributed by atoms with Crippen LogP contribution in [0.2, 0.25) is 0 Å². The summed E-state index contributed by atoms with van der Waals surface area (Å²) in [6.07, 6.45) is 0. The zero-order valence-corrected chi connectivity index (χ0v) is 27.3. The molecule has 0 heterocycles. The van der Waals surface area contributed by atoms with Gasteiger partial charge in [-0.2, -0.15) is 0 Å². The molecule has 0 aromatic heterocycles. The van der Waals surface area contributed by atoms with Crippen LogP contribution in [0.1, 0.15) is 93.4 Å². The van der Waals surface area contributed by atoms with Gasteiger partial charge in [-0.15, -0.1) is 0 Å². The number of aromatic carboxylic acids is 3. The molecular weight excluding hydrogens is 567 g/mol. The molecule has 3 aromatic carbocycles. The van der Waals surface area contributed by atoms with E-state index in [4.69, 9.17) is 14.2 Å². The van der Waals surface area contributed by atoms with Crippen molar-refractivity contribution in [1.29, 1.82) is 0 Å². The van der Waals surface area contributed by atoms with Gasteiger partial charge in [-0.25, -0.2) is 0 Å². The number of carbonyl (C=O) groups is 3. The minimum Gasteiger partial charge on any atom is -0.545 e. The Morgan fingerprint density at radius 3 is 0.791 bits per heavy atom. The van der Waals surface area contributed by atoms with Crippen molar-refractivity contribution in [3.8, 4) is 17.2 Å². The molecule has 10 heteroatoms. The zero-order chi connectivity index (χ0) is 32.3. The van der Waals surface area contributed by atoms with E-state index in [9.17, 15) is 29.7 Å². The van der Waals surface area contributed by atoms with Crippen molar-refractivity contribution >= 4 is 35.3 Å². The smallest absolute Gasteiger partial charge is 0.545 e. The second kappa shape index (κ2) is 16.6. The third-order valence-corrected chi connectivity index (χ3v) is 4.57. The number of rotatable bonds is 6. The quantitative estimate of drug-likeness (QED) is 0.386. The Labute approximate surface area is 264 Å². The van der Waals surface area contributed by atoms with Crippen LogP contribution in [0.3, 0.4) is 0 Å². The van der Waals surface area contributed by atoms with Crippen LogP contribution in [0.4, 0.5) is 0 Å². The van der Waals surface area contributed by atoms with E-state index in [2.05, 4.69) is 0 Å². The van der Waals surface area contributed by atoms with E-state index in [1.54, 1.807) is 54.6 Å². The van der Waals surface area contributed by atoms with Crippen LogP contribution < -0.4 is 29.5 Å². The van der Waals surface area contributed by atoms with Crippen molar-refractivity contribution in [2.45, 2.75) is 79.1 Å². The normalized spacial score (nSPS) is 10.8. The molecule has 0 aliphatic carbocycles. The summed E-state index contributed by atoms with van der Waals surface area (Å²) in [4.78, 5) is 32.1. The predicted molar refractivity (Wildman–Crippen MR) is 159 cm³/mol. The largest absolute Gasteiger partial charge is 3.00 e. The van der Waals surface area contributed by atoms with Gasteiger partial charge in [0.1, 0.15) is 34.1 Å². The molecule has 228 valence electrons. The molecular formula is C33H39AlO9.